The van der Waals surface area contributed by atoms with Crippen LogP contribution in [-0.4, -0.2) is 54.3 Å². The lowest BCUT2D eigenvalue weighted by Gasteiger charge is -2.27. The Balaban J connectivity index is 1.65. The van der Waals surface area contributed by atoms with Gasteiger partial charge >= 0.3 is 0 Å². The van der Waals surface area contributed by atoms with Crippen LogP contribution in [0.4, 0.5) is 4.39 Å². The van der Waals surface area contributed by atoms with Crippen molar-refractivity contribution in [2.24, 2.45) is 0 Å². The van der Waals surface area contributed by atoms with Crippen LogP contribution in [0.15, 0.2) is 30.3 Å². The van der Waals surface area contributed by atoms with Gasteiger partial charge in [0, 0.05) is 42.8 Å². The van der Waals surface area contributed by atoms with Crippen LogP contribution in [0.25, 0.3) is 5.69 Å². The van der Waals surface area contributed by atoms with E-state index in [1.807, 2.05) is 37.5 Å². The SMILES string of the molecule is Cc1cc(C(=O)NC(C)CCN2CCOCC2)c(C)n1-c1cccc(F)c1. The van der Waals surface area contributed by atoms with Crippen molar-refractivity contribution < 1.29 is 13.9 Å². The number of hydrogen-bond donors (Lipinski definition) is 1. The van der Waals surface area contributed by atoms with Crippen molar-refractivity contribution in [2.75, 3.05) is 32.8 Å². The molecule has 1 amide bonds. The number of nitrogens with one attached hydrogen (secondary N) is 1. The summed E-state index contributed by atoms with van der Waals surface area (Å²) in [7, 11) is 0. The second kappa shape index (κ2) is 8.67. The van der Waals surface area contributed by atoms with Crippen molar-refractivity contribution in [1.82, 2.24) is 14.8 Å². The van der Waals surface area contributed by atoms with E-state index in [1.54, 1.807) is 6.07 Å². The molecule has 0 bridgehead atoms. The van der Waals surface area contributed by atoms with Crippen LogP contribution >= 0.6 is 0 Å². The Hall–Kier alpha value is -2.18. The number of rotatable bonds is 6. The zero-order chi connectivity index (χ0) is 19.4. The highest BCUT2D eigenvalue weighted by molar-refractivity contribution is 5.96. The summed E-state index contributed by atoms with van der Waals surface area (Å²) in [6.45, 7) is 10.3. The fourth-order valence-corrected chi connectivity index (χ4v) is 3.58. The number of benzene rings is 1. The molecule has 0 radical (unpaired) electrons. The lowest BCUT2D eigenvalue weighted by Crippen LogP contribution is -2.40. The zero-order valence-corrected chi connectivity index (χ0v) is 16.3. The van der Waals surface area contributed by atoms with E-state index in [4.69, 9.17) is 4.74 Å². The standard InChI is InChI=1S/C21H28FN3O2/c1-15(7-8-24-9-11-27-12-10-24)23-21(26)20-13-16(2)25(17(20)3)19-6-4-5-18(22)14-19/h4-6,13-15H,7-12H2,1-3H3,(H,23,26). The number of aromatic nitrogens is 1. The summed E-state index contributed by atoms with van der Waals surface area (Å²) in [6.07, 6.45) is 0.897. The molecule has 27 heavy (non-hydrogen) atoms. The number of morpholine rings is 1. The maximum absolute atomic E-state index is 13.6. The van der Waals surface area contributed by atoms with E-state index in [-0.39, 0.29) is 17.8 Å². The monoisotopic (exact) mass is 373 g/mol. The normalized spacial score (nSPS) is 16.3. The number of hydrogen-bond acceptors (Lipinski definition) is 3. The van der Waals surface area contributed by atoms with Gasteiger partial charge in [-0.15, -0.1) is 0 Å². The topological polar surface area (TPSA) is 46.5 Å². The van der Waals surface area contributed by atoms with E-state index in [0.29, 0.717) is 5.56 Å². The third-order valence-corrected chi connectivity index (χ3v) is 5.10. The summed E-state index contributed by atoms with van der Waals surface area (Å²) in [5.41, 5.74) is 3.08. The molecule has 2 heterocycles. The lowest BCUT2D eigenvalue weighted by atomic mass is 10.1. The van der Waals surface area contributed by atoms with Gasteiger partial charge in [0.25, 0.3) is 5.91 Å². The minimum absolute atomic E-state index is 0.0811. The molecule has 0 aliphatic carbocycles. The van der Waals surface area contributed by atoms with Crippen LogP contribution in [0.3, 0.4) is 0 Å². The molecular formula is C21H28FN3O2. The molecule has 0 saturated carbocycles. The third-order valence-electron chi connectivity index (χ3n) is 5.10. The molecule has 1 atom stereocenters. The average molecular weight is 373 g/mol. The largest absolute Gasteiger partial charge is 0.379 e. The summed E-state index contributed by atoms with van der Waals surface area (Å²) in [5, 5.41) is 3.10. The Morgan fingerprint density at radius 3 is 2.70 bits per heavy atom. The summed E-state index contributed by atoms with van der Waals surface area (Å²) >= 11 is 0. The molecule has 1 aromatic carbocycles. The Labute approximate surface area is 160 Å². The number of amides is 1. The summed E-state index contributed by atoms with van der Waals surface area (Å²) in [4.78, 5) is 15.1. The minimum atomic E-state index is -0.289. The molecule has 1 saturated heterocycles. The van der Waals surface area contributed by atoms with Crippen LogP contribution in [0.5, 0.6) is 0 Å². The first-order chi connectivity index (χ1) is 13.0. The Morgan fingerprint density at radius 2 is 2.00 bits per heavy atom. The highest BCUT2D eigenvalue weighted by Crippen LogP contribution is 2.21. The second-order valence-electron chi connectivity index (χ2n) is 7.22. The molecule has 1 N–H and O–H groups in total. The molecule has 3 rings (SSSR count). The van der Waals surface area contributed by atoms with Gasteiger partial charge in [-0.1, -0.05) is 6.07 Å². The maximum atomic E-state index is 13.6. The summed E-state index contributed by atoms with van der Waals surface area (Å²) < 4.78 is 20.9. The van der Waals surface area contributed by atoms with E-state index in [2.05, 4.69) is 10.2 Å². The van der Waals surface area contributed by atoms with E-state index < -0.39 is 0 Å². The van der Waals surface area contributed by atoms with Crippen LogP contribution in [0.1, 0.15) is 35.1 Å². The molecular weight excluding hydrogens is 345 g/mol. The van der Waals surface area contributed by atoms with Crippen molar-refractivity contribution >= 4 is 5.91 Å². The molecule has 6 heteroatoms. The van der Waals surface area contributed by atoms with E-state index in [1.165, 1.54) is 12.1 Å². The van der Waals surface area contributed by atoms with Crippen LogP contribution in [-0.2, 0) is 4.74 Å². The van der Waals surface area contributed by atoms with Gasteiger partial charge in [-0.2, -0.15) is 0 Å². The third kappa shape index (κ3) is 4.76. The number of nitrogens with zero attached hydrogens (tertiary/aromatic N) is 2. The smallest absolute Gasteiger partial charge is 0.253 e. The highest BCUT2D eigenvalue weighted by atomic mass is 19.1. The second-order valence-corrected chi connectivity index (χ2v) is 7.22. The fraction of sp³-hybridized carbons (Fsp3) is 0.476. The van der Waals surface area contributed by atoms with Crippen molar-refractivity contribution in [3.8, 4) is 5.69 Å². The molecule has 0 spiro atoms. The van der Waals surface area contributed by atoms with Crippen LogP contribution < -0.4 is 5.32 Å². The quantitative estimate of drug-likeness (QED) is 0.847. The minimum Gasteiger partial charge on any atom is -0.379 e. The van der Waals surface area contributed by atoms with E-state index in [9.17, 15) is 9.18 Å². The van der Waals surface area contributed by atoms with Crippen LogP contribution in [0.2, 0.25) is 0 Å². The number of aryl methyl sites for hydroxylation is 1. The number of carbonyl (C=O) groups excluding carboxylic acids is 1. The molecule has 5 nitrogen and oxygen atoms in total. The molecule has 1 unspecified atom stereocenters. The van der Waals surface area contributed by atoms with Gasteiger partial charge in [-0.3, -0.25) is 9.69 Å². The number of carbonyl (C=O) groups is 1. The van der Waals surface area contributed by atoms with Gasteiger partial charge < -0.3 is 14.6 Å². The molecule has 1 aromatic heterocycles. The first-order valence-corrected chi connectivity index (χ1v) is 9.51. The van der Waals surface area contributed by atoms with Crippen molar-refractivity contribution in [1.29, 1.82) is 0 Å². The molecule has 146 valence electrons. The summed E-state index contributed by atoms with van der Waals surface area (Å²) in [5.74, 6) is -0.372. The predicted octanol–water partition coefficient (Wildman–Crippen LogP) is 3.07. The first-order valence-electron chi connectivity index (χ1n) is 9.51. The average Bonchev–Trinajstić information content (AvgIpc) is 2.95. The Kier molecular flexibility index (Phi) is 6.29. The van der Waals surface area contributed by atoms with Gasteiger partial charge in [-0.05, 0) is 51.5 Å². The lowest BCUT2D eigenvalue weighted by molar-refractivity contribution is 0.0363. The van der Waals surface area contributed by atoms with Gasteiger partial charge in [0.2, 0.25) is 0 Å². The van der Waals surface area contributed by atoms with E-state index >= 15 is 0 Å². The molecule has 1 aliphatic rings. The number of ether oxygens (including phenoxy) is 1. The van der Waals surface area contributed by atoms with Crippen LogP contribution in [0, 0.1) is 19.7 Å². The highest BCUT2D eigenvalue weighted by Gasteiger charge is 2.19. The van der Waals surface area contributed by atoms with Crippen molar-refractivity contribution in [2.45, 2.75) is 33.2 Å². The maximum Gasteiger partial charge on any atom is 0.253 e. The molecule has 1 aliphatic heterocycles. The molecule has 2 aromatic rings. The van der Waals surface area contributed by atoms with E-state index in [0.717, 1.165) is 56.3 Å². The number of halogens is 1. The van der Waals surface area contributed by atoms with Gasteiger partial charge in [-0.25, -0.2) is 4.39 Å². The fourth-order valence-electron chi connectivity index (χ4n) is 3.58. The van der Waals surface area contributed by atoms with Crippen molar-refractivity contribution in [3.63, 3.8) is 0 Å². The Bertz CT molecular complexity index is 797. The van der Waals surface area contributed by atoms with Gasteiger partial charge in [0.05, 0.1) is 18.8 Å². The van der Waals surface area contributed by atoms with Gasteiger partial charge in [0.1, 0.15) is 5.82 Å². The first kappa shape index (κ1) is 19.6. The predicted molar refractivity (Wildman–Crippen MR) is 104 cm³/mol. The van der Waals surface area contributed by atoms with Crippen molar-refractivity contribution in [3.05, 3.63) is 53.1 Å². The van der Waals surface area contributed by atoms with Gasteiger partial charge in [0.15, 0.2) is 0 Å². The summed E-state index contributed by atoms with van der Waals surface area (Å²) in [6, 6.07) is 8.36. The molecule has 1 fully saturated rings. The Morgan fingerprint density at radius 1 is 1.26 bits per heavy atom. The zero-order valence-electron chi connectivity index (χ0n) is 16.3.